The number of carbonyl (C=O) groups is 2. The molecule has 5 nitrogen and oxygen atoms in total. The standard InChI is InChI=1S/C23H43N3O2S/c1-17-6-8-20(9-7-17)22(27)25-21(10-13-29-4)23(28)24-11-5-12-26-15-18(2)14-19(3)16-26/h17-21H,5-16H2,1-4H3,(H,24,28)(H,25,27)/t17?,18-,19-,20?,21+/m1/s1. The van der Waals surface area contributed by atoms with E-state index in [1.807, 2.05) is 6.26 Å². The van der Waals surface area contributed by atoms with E-state index >= 15 is 0 Å². The van der Waals surface area contributed by atoms with E-state index in [4.69, 9.17) is 0 Å². The lowest BCUT2D eigenvalue weighted by Gasteiger charge is -2.35. The van der Waals surface area contributed by atoms with Crippen LogP contribution in [0.4, 0.5) is 0 Å². The Morgan fingerprint density at radius 1 is 1.03 bits per heavy atom. The number of hydrogen-bond acceptors (Lipinski definition) is 4. The SMILES string of the molecule is CSCC[C@H](NC(=O)C1CCC(C)CC1)C(=O)NCCCN1C[C@H](C)C[C@@H](C)C1. The molecule has 0 bridgehead atoms. The van der Waals surface area contributed by atoms with E-state index < -0.39 is 6.04 Å². The van der Waals surface area contributed by atoms with Crippen LogP contribution in [0.25, 0.3) is 0 Å². The third-order valence-electron chi connectivity index (χ3n) is 6.53. The van der Waals surface area contributed by atoms with Crippen LogP contribution in [0.5, 0.6) is 0 Å². The van der Waals surface area contributed by atoms with Crippen molar-refractivity contribution >= 4 is 23.6 Å². The van der Waals surface area contributed by atoms with Crippen molar-refractivity contribution in [2.45, 2.75) is 71.8 Å². The molecule has 6 heteroatoms. The largest absolute Gasteiger partial charge is 0.354 e. The average Bonchev–Trinajstić information content (AvgIpc) is 2.68. The fourth-order valence-electron chi connectivity index (χ4n) is 4.93. The number of nitrogens with zero attached hydrogens (tertiary/aromatic N) is 1. The van der Waals surface area contributed by atoms with Crippen LogP contribution in [0.1, 0.15) is 65.7 Å². The molecular formula is C23H43N3O2S. The number of nitrogens with one attached hydrogen (secondary N) is 2. The molecule has 0 radical (unpaired) electrons. The Morgan fingerprint density at radius 3 is 2.31 bits per heavy atom. The second kappa shape index (κ2) is 12.8. The van der Waals surface area contributed by atoms with Crippen LogP contribution in [0.15, 0.2) is 0 Å². The number of rotatable bonds is 10. The van der Waals surface area contributed by atoms with Gasteiger partial charge in [0, 0.05) is 25.6 Å². The topological polar surface area (TPSA) is 61.4 Å². The summed E-state index contributed by atoms with van der Waals surface area (Å²) in [5, 5.41) is 6.14. The number of hydrogen-bond donors (Lipinski definition) is 2. The lowest BCUT2D eigenvalue weighted by Crippen LogP contribution is -2.49. The van der Waals surface area contributed by atoms with Gasteiger partial charge < -0.3 is 15.5 Å². The second-order valence-electron chi connectivity index (χ2n) is 9.65. The van der Waals surface area contributed by atoms with Gasteiger partial charge in [-0.1, -0.05) is 20.8 Å². The number of thioether (sulfide) groups is 1. The van der Waals surface area contributed by atoms with Gasteiger partial charge in [0.1, 0.15) is 6.04 Å². The first kappa shape index (κ1) is 24.5. The lowest BCUT2D eigenvalue weighted by atomic mass is 9.82. The Kier molecular flexibility index (Phi) is 10.9. The van der Waals surface area contributed by atoms with Gasteiger partial charge in [0.05, 0.1) is 0 Å². The molecule has 168 valence electrons. The van der Waals surface area contributed by atoms with Crippen LogP contribution in [-0.4, -0.2) is 60.9 Å². The molecule has 3 atom stereocenters. The van der Waals surface area contributed by atoms with Gasteiger partial charge in [-0.15, -0.1) is 0 Å². The molecular weight excluding hydrogens is 382 g/mol. The van der Waals surface area contributed by atoms with Gasteiger partial charge in [0.2, 0.25) is 11.8 Å². The minimum absolute atomic E-state index is 0.0167. The highest BCUT2D eigenvalue weighted by Crippen LogP contribution is 2.28. The van der Waals surface area contributed by atoms with Gasteiger partial charge in [-0.3, -0.25) is 9.59 Å². The van der Waals surface area contributed by atoms with Crippen molar-refractivity contribution in [1.82, 2.24) is 15.5 Å². The predicted octanol–water partition coefficient (Wildman–Crippen LogP) is 3.53. The first-order valence-corrected chi connectivity index (χ1v) is 13.1. The summed E-state index contributed by atoms with van der Waals surface area (Å²) in [6.07, 6.45) is 9.18. The summed E-state index contributed by atoms with van der Waals surface area (Å²) >= 11 is 1.72. The predicted molar refractivity (Wildman–Crippen MR) is 123 cm³/mol. The number of piperidine rings is 1. The first-order chi connectivity index (χ1) is 13.9. The minimum atomic E-state index is -0.399. The quantitative estimate of drug-likeness (QED) is 0.526. The second-order valence-corrected chi connectivity index (χ2v) is 10.6. The summed E-state index contributed by atoms with van der Waals surface area (Å²) in [6.45, 7) is 11.0. The Balaban J connectivity index is 1.73. The smallest absolute Gasteiger partial charge is 0.242 e. The van der Waals surface area contributed by atoms with Crippen LogP contribution < -0.4 is 10.6 Å². The zero-order chi connectivity index (χ0) is 21.2. The van der Waals surface area contributed by atoms with Gasteiger partial charge in [-0.05, 0) is 81.3 Å². The monoisotopic (exact) mass is 425 g/mol. The third-order valence-corrected chi connectivity index (χ3v) is 7.17. The maximum atomic E-state index is 12.7. The molecule has 1 heterocycles. The summed E-state index contributed by atoms with van der Waals surface area (Å²) in [5.41, 5.74) is 0. The highest BCUT2D eigenvalue weighted by molar-refractivity contribution is 7.98. The van der Waals surface area contributed by atoms with E-state index in [-0.39, 0.29) is 17.7 Å². The zero-order valence-electron chi connectivity index (χ0n) is 19.0. The number of amides is 2. The fourth-order valence-corrected chi connectivity index (χ4v) is 5.40. The van der Waals surface area contributed by atoms with Crippen LogP contribution in [0.2, 0.25) is 0 Å². The Hall–Kier alpha value is -0.750. The van der Waals surface area contributed by atoms with Crippen LogP contribution in [-0.2, 0) is 9.59 Å². The molecule has 1 aliphatic heterocycles. The van der Waals surface area contributed by atoms with Crippen LogP contribution in [0, 0.1) is 23.7 Å². The van der Waals surface area contributed by atoms with Crippen LogP contribution >= 0.6 is 11.8 Å². The normalized spacial score (nSPS) is 29.2. The molecule has 0 aromatic rings. The average molecular weight is 426 g/mol. The van der Waals surface area contributed by atoms with E-state index in [0.717, 1.165) is 62.2 Å². The molecule has 2 fully saturated rings. The molecule has 2 N–H and O–H groups in total. The first-order valence-electron chi connectivity index (χ1n) is 11.7. The van der Waals surface area contributed by atoms with Crippen molar-refractivity contribution in [1.29, 1.82) is 0 Å². The molecule has 2 aliphatic rings. The minimum Gasteiger partial charge on any atom is -0.354 e. The summed E-state index contributed by atoms with van der Waals surface area (Å²) in [6, 6.07) is -0.399. The molecule has 1 saturated carbocycles. The lowest BCUT2D eigenvalue weighted by molar-refractivity contribution is -0.132. The van der Waals surface area contributed by atoms with Crippen molar-refractivity contribution in [3.05, 3.63) is 0 Å². The molecule has 2 rings (SSSR count). The molecule has 0 spiro atoms. The molecule has 0 unspecified atom stereocenters. The fraction of sp³-hybridized carbons (Fsp3) is 0.913. The summed E-state index contributed by atoms with van der Waals surface area (Å²) in [7, 11) is 0. The molecule has 1 saturated heterocycles. The third kappa shape index (κ3) is 8.87. The van der Waals surface area contributed by atoms with E-state index in [1.54, 1.807) is 11.8 Å². The maximum Gasteiger partial charge on any atom is 0.242 e. The van der Waals surface area contributed by atoms with E-state index in [9.17, 15) is 9.59 Å². The van der Waals surface area contributed by atoms with Crippen molar-refractivity contribution in [2.24, 2.45) is 23.7 Å². The van der Waals surface area contributed by atoms with Crippen molar-refractivity contribution in [3.8, 4) is 0 Å². The molecule has 0 aromatic carbocycles. The van der Waals surface area contributed by atoms with E-state index in [0.29, 0.717) is 13.0 Å². The van der Waals surface area contributed by atoms with Gasteiger partial charge in [0.15, 0.2) is 0 Å². The van der Waals surface area contributed by atoms with E-state index in [1.165, 1.54) is 19.5 Å². The zero-order valence-corrected chi connectivity index (χ0v) is 19.9. The Bertz CT molecular complexity index is 498. The highest BCUT2D eigenvalue weighted by atomic mass is 32.2. The molecule has 29 heavy (non-hydrogen) atoms. The van der Waals surface area contributed by atoms with Gasteiger partial charge >= 0.3 is 0 Å². The summed E-state index contributed by atoms with van der Waals surface area (Å²) in [4.78, 5) is 27.9. The number of likely N-dealkylation sites (tertiary alicyclic amines) is 1. The van der Waals surface area contributed by atoms with Crippen molar-refractivity contribution in [3.63, 3.8) is 0 Å². The summed E-state index contributed by atoms with van der Waals surface area (Å²) in [5.74, 6) is 3.28. The molecule has 2 amide bonds. The molecule has 0 aromatic heterocycles. The number of carbonyl (C=O) groups excluding carboxylic acids is 2. The summed E-state index contributed by atoms with van der Waals surface area (Å²) < 4.78 is 0. The Labute approximate surface area is 182 Å². The maximum absolute atomic E-state index is 12.7. The van der Waals surface area contributed by atoms with E-state index in [2.05, 4.69) is 36.3 Å². The van der Waals surface area contributed by atoms with Gasteiger partial charge in [-0.25, -0.2) is 0 Å². The van der Waals surface area contributed by atoms with Crippen molar-refractivity contribution < 1.29 is 9.59 Å². The van der Waals surface area contributed by atoms with Gasteiger partial charge in [-0.2, -0.15) is 11.8 Å². The highest BCUT2D eigenvalue weighted by Gasteiger charge is 2.28. The van der Waals surface area contributed by atoms with Crippen molar-refractivity contribution in [2.75, 3.05) is 38.2 Å². The van der Waals surface area contributed by atoms with Crippen LogP contribution in [0.3, 0.4) is 0 Å². The molecule has 1 aliphatic carbocycles. The Morgan fingerprint density at radius 2 is 1.69 bits per heavy atom. The van der Waals surface area contributed by atoms with Gasteiger partial charge in [0.25, 0.3) is 0 Å².